The maximum absolute atomic E-state index is 13.3. The number of amides is 1. The summed E-state index contributed by atoms with van der Waals surface area (Å²) in [5, 5.41) is 4.91. The van der Waals surface area contributed by atoms with Gasteiger partial charge >= 0.3 is 0 Å². The number of benzene rings is 1. The van der Waals surface area contributed by atoms with Crippen LogP contribution in [0.25, 0.3) is 0 Å². The summed E-state index contributed by atoms with van der Waals surface area (Å²) in [4.78, 5) is 14.6. The number of hydrogen-bond acceptors (Lipinski definition) is 3. The minimum absolute atomic E-state index is 0.304. The molecular weight excluding hydrogens is 283 g/mol. The molecule has 21 heavy (non-hydrogen) atoms. The number of hydrogen-bond donors (Lipinski definition) is 2. The molecule has 1 aromatic heterocycles. The number of halogens is 3. The second-order valence-corrected chi connectivity index (χ2v) is 4.21. The number of carbonyl (C=O) groups is 1. The van der Waals surface area contributed by atoms with Gasteiger partial charge in [-0.1, -0.05) is 30.3 Å². The molecule has 0 radical (unpaired) electrons. The number of aromatic nitrogens is 1. The molecule has 0 bridgehead atoms. The lowest BCUT2D eigenvalue weighted by Gasteiger charge is -2.08. The third kappa shape index (κ3) is 4.20. The average molecular weight is 295 g/mol. The molecule has 0 aliphatic carbocycles. The van der Waals surface area contributed by atoms with Crippen molar-refractivity contribution in [1.82, 2.24) is 10.3 Å². The first-order chi connectivity index (χ1) is 10.1. The summed E-state index contributed by atoms with van der Waals surface area (Å²) < 4.78 is 38.8. The zero-order valence-corrected chi connectivity index (χ0v) is 10.9. The number of anilines is 1. The van der Waals surface area contributed by atoms with E-state index in [9.17, 15) is 18.0 Å². The highest BCUT2D eigenvalue weighted by atomic mass is 19.2. The Kier molecular flexibility index (Phi) is 4.76. The molecular formula is C14H12F3N3O. The Morgan fingerprint density at radius 3 is 2.52 bits per heavy atom. The van der Waals surface area contributed by atoms with Crippen LogP contribution in [0.1, 0.15) is 5.56 Å². The Morgan fingerprint density at radius 2 is 1.81 bits per heavy atom. The summed E-state index contributed by atoms with van der Waals surface area (Å²) in [6.45, 7) is 0.0108. The molecule has 2 rings (SSSR count). The predicted molar refractivity (Wildman–Crippen MR) is 70.9 cm³/mol. The average Bonchev–Trinajstić information content (AvgIpc) is 2.48. The van der Waals surface area contributed by atoms with E-state index >= 15 is 0 Å². The lowest BCUT2D eigenvalue weighted by molar-refractivity contribution is -0.119. The van der Waals surface area contributed by atoms with Crippen molar-refractivity contribution in [3.8, 4) is 0 Å². The predicted octanol–water partition coefficient (Wildman–Crippen LogP) is 2.23. The van der Waals surface area contributed by atoms with Crippen LogP contribution in [0.4, 0.5) is 19.0 Å². The number of nitrogens with one attached hydrogen (secondary N) is 2. The SMILES string of the molecule is O=C(CNc1nc(F)c(F)cc1F)NCc1ccccc1. The Bertz CT molecular complexity index is 635. The van der Waals surface area contributed by atoms with Gasteiger partial charge in [-0.25, -0.2) is 8.78 Å². The van der Waals surface area contributed by atoms with Crippen LogP contribution < -0.4 is 10.6 Å². The monoisotopic (exact) mass is 295 g/mol. The van der Waals surface area contributed by atoms with Crippen LogP contribution >= 0.6 is 0 Å². The van der Waals surface area contributed by atoms with Crippen molar-refractivity contribution in [2.75, 3.05) is 11.9 Å². The van der Waals surface area contributed by atoms with E-state index in [4.69, 9.17) is 0 Å². The minimum Gasteiger partial charge on any atom is -0.358 e. The zero-order valence-electron chi connectivity index (χ0n) is 10.9. The van der Waals surface area contributed by atoms with Crippen molar-refractivity contribution in [2.45, 2.75) is 6.54 Å². The highest BCUT2D eigenvalue weighted by molar-refractivity contribution is 5.80. The Morgan fingerprint density at radius 1 is 1.10 bits per heavy atom. The van der Waals surface area contributed by atoms with Gasteiger partial charge in [-0.05, 0) is 5.56 Å². The van der Waals surface area contributed by atoms with Gasteiger partial charge in [0.25, 0.3) is 5.95 Å². The van der Waals surface area contributed by atoms with Crippen LogP contribution in [0, 0.1) is 17.6 Å². The fourth-order valence-corrected chi connectivity index (χ4v) is 1.59. The Labute approximate surface area is 119 Å². The molecule has 0 atom stereocenters. The van der Waals surface area contributed by atoms with Crippen LogP contribution in [-0.4, -0.2) is 17.4 Å². The molecule has 4 nitrogen and oxygen atoms in total. The van der Waals surface area contributed by atoms with Crippen molar-refractivity contribution >= 4 is 11.7 Å². The van der Waals surface area contributed by atoms with Gasteiger partial charge in [-0.15, -0.1) is 0 Å². The van der Waals surface area contributed by atoms with E-state index in [2.05, 4.69) is 15.6 Å². The Balaban J connectivity index is 1.85. The highest BCUT2D eigenvalue weighted by Crippen LogP contribution is 2.13. The van der Waals surface area contributed by atoms with Crippen molar-refractivity contribution in [3.05, 3.63) is 59.5 Å². The topological polar surface area (TPSA) is 54.0 Å². The number of carbonyl (C=O) groups excluding carboxylic acids is 1. The van der Waals surface area contributed by atoms with Gasteiger partial charge in [0.2, 0.25) is 5.91 Å². The normalized spacial score (nSPS) is 10.2. The van der Waals surface area contributed by atoms with E-state index in [1.165, 1.54) is 0 Å². The molecule has 1 amide bonds. The molecule has 0 fully saturated rings. The number of pyridine rings is 1. The molecule has 0 unspecified atom stereocenters. The van der Waals surface area contributed by atoms with E-state index in [0.29, 0.717) is 12.6 Å². The third-order valence-corrected chi connectivity index (χ3v) is 2.64. The quantitative estimate of drug-likeness (QED) is 0.832. The molecule has 1 aromatic carbocycles. The fourth-order valence-electron chi connectivity index (χ4n) is 1.59. The molecule has 0 aliphatic rings. The molecule has 1 heterocycles. The van der Waals surface area contributed by atoms with Gasteiger partial charge in [0.15, 0.2) is 17.5 Å². The maximum Gasteiger partial charge on any atom is 0.251 e. The largest absolute Gasteiger partial charge is 0.358 e. The van der Waals surface area contributed by atoms with E-state index in [-0.39, 0.29) is 6.54 Å². The standard InChI is InChI=1S/C14H12F3N3O/c15-10-6-11(16)14(20-13(10)17)19-8-12(21)18-7-9-4-2-1-3-5-9/h1-6H,7-8H2,(H,18,21)(H,19,20). The van der Waals surface area contributed by atoms with E-state index in [1.54, 1.807) is 0 Å². The van der Waals surface area contributed by atoms with Gasteiger partial charge in [-0.3, -0.25) is 4.79 Å². The van der Waals surface area contributed by atoms with Crippen LogP contribution in [-0.2, 0) is 11.3 Å². The molecule has 7 heteroatoms. The van der Waals surface area contributed by atoms with Crippen molar-refractivity contribution < 1.29 is 18.0 Å². The maximum atomic E-state index is 13.3. The minimum atomic E-state index is -1.43. The molecule has 0 saturated heterocycles. The molecule has 0 aliphatic heterocycles. The lowest BCUT2D eigenvalue weighted by atomic mass is 10.2. The third-order valence-electron chi connectivity index (χ3n) is 2.64. The number of rotatable bonds is 5. The summed E-state index contributed by atoms with van der Waals surface area (Å²) in [6.07, 6.45) is 0. The first kappa shape index (κ1) is 14.8. The first-order valence-corrected chi connectivity index (χ1v) is 6.12. The second kappa shape index (κ2) is 6.74. The van der Waals surface area contributed by atoms with Gasteiger partial charge in [0, 0.05) is 12.6 Å². The van der Waals surface area contributed by atoms with E-state index in [0.717, 1.165) is 5.56 Å². The van der Waals surface area contributed by atoms with Gasteiger partial charge in [-0.2, -0.15) is 9.37 Å². The van der Waals surface area contributed by atoms with Crippen molar-refractivity contribution in [3.63, 3.8) is 0 Å². The summed E-state index contributed by atoms with van der Waals surface area (Å²) in [5.74, 6) is -4.81. The van der Waals surface area contributed by atoms with Crippen LogP contribution in [0.2, 0.25) is 0 Å². The van der Waals surface area contributed by atoms with Crippen molar-refractivity contribution in [1.29, 1.82) is 0 Å². The fraction of sp³-hybridized carbons (Fsp3) is 0.143. The Hall–Kier alpha value is -2.57. The van der Waals surface area contributed by atoms with E-state index < -0.39 is 29.3 Å². The lowest BCUT2D eigenvalue weighted by Crippen LogP contribution is -2.29. The van der Waals surface area contributed by atoms with Gasteiger partial charge < -0.3 is 10.6 Å². The second-order valence-electron chi connectivity index (χ2n) is 4.21. The molecule has 110 valence electrons. The van der Waals surface area contributed by atoms with Crippen molar-refractivity contribution in [2.24, 2.45) is 0 Å². The van der Waals surface area contributed by atoms with Crippen LogP contribution in [0.3, 0.4) is 0 Å². The first-order valence-electron chi connectivity index (χ1n) is 6.12. The summed E-state index contributed by atoms with van der Waals surface area (Å²) in [6, 6.07) is 9.56. The summed E-state index contributed by atoms with van der Waals surface area (Å²) in [5.41, 5.74) is 0.906. The molecule has 0 spiro atoms. The van der Waals surface area contributed by atoms with Gasteiger partial charge in [0.1, 0.15) is 0 Å². The van der Waals surface area contributed by atoms with Gasteiger partial charge in [0.05, 0.1) is 6.54 Å². The van der Waals surface area contributed by atoms with Crippen LogP contribution in [0.15, 0.2) is 36.4 Å². The highest BCUT2D eigenvalue weighted by Gasteiger charge is 2.12. The van der Waals surface area contributed by atoms with E-state index in [1.807, 2.05) is 30.3 Å². The zero-order chi connectivity index (χ0) is 15.2. The summed E-state index contributed by atoms with van der Waals surface area (Å²) in [7, 11) is 0. The molecule has 2 aromatic rings. The molecule has 2 N–H and O–H groups in total. The van der Waals surface area contributed by atoms with Crippen LogP contribution in [0.5, 0.6) is 0 Å². The number of nitrogens with zero attached hydrogens (tertiary/aromatic N) is 1. The smallest absolute Gasteiger partial charge is 0.251 e. The molecule has 0 saturated carbocycles. The summed E-state index contributed by atoms with van der Waals surface area (Å²) >= 11 is 0.